The fraction of sp³-hybridized carbons (Fsp3) is 0.839. The van der Waals surface area contributed by atoms with Crippen LogP contribution in [0.4, 0.5) is 0 Å². The Hall–Kier alpha value is -0.344. The maximum absolute atomic E-state index is 12.2. The zero-order chi connectivity index (χ0) is 31.1. The molecule has 2 atom stereocenters. The molecule has 1 saturated heterocycles. The number of hydrogen-bond donors (Lipinski definition) is 1. The van der Waals surface area contributed by atoms with E-state index in [1.807, 2.05) is 0 Å². The molecule has 0 spiro atoms. The average Bonchev–Trinajstić information content (AvgIpc) is 3.02. The smallest absolute Gasteiger partial charge is 0.747 e. The minimum atomic E-state index is -5.14. The molecule has 0 radical (unpaired) electrons. The van der Waals surface area contributed by atoms with Crippen molar-refractivity contribution in [1.29, 1.82) is 0 Å². The van der Waals surface area contributed by atoms with Crippen molar-refractivity contribution in [2.24, 2.45) is 5.41 Å². The molecule has 0 bridgehead atoms. The monoisotopic (exact) mass is 656 g/mol. The normalized spacial score (nSPS) is 19.6. The molecular weight excluding hydrogens is 603 g/mol. The first-order valence-electron chi connectivity index (χ1n) is 15.8. The molecule has 0 aromatic carbocycles. The van der Waals surface area contributed by atoms with Crippen LogP contribution in [0, 0.1) is 5.41 Å². The van der Waals surface area contributed by atoms with Crippen molar-refractivity contribution in [1.82, 2.24) is 0 Å². The summed E-state index contributed by atoms with van der Waals surface area (Å²) in [7, 11) is -5.14. The minimum Gasteiger partial charge on any atom is -0.747 e. The number of unbranched alkanes of at least 4 members (excludes halogenated alkanes) is 15. The molecule has 0 aliphatic carbocycles. The van der Waals surface area contributed by atoms with Crippen LogP contribution in [0.1, 0.15) is 129 Å². The summed E-state index contributed by atoms with van der Waals surface area (Å²) in [6.07, 6.45) is 24.3. The Bertz CT molecular complexity index is 908. The number of carbonyl (C=O) groups excluding carboxylic acids is 3. The summed E-state index contributed by atoms with van der Waals surface area (Å²) in [5.74, 6) is -3.00. The van der Waals surface area contributed by atoms with Crippen molar-refractivity contribution in [2.45, 2.75) is 134 Å². The Morgan fingerprint density at radius 2 is 1.37 bits per heavy atom. The number of carbonyl (C=O) groups is 3. The van der Waals surface area contributed by atoms with Gasteiger partial charge in [0.1, 0.15) is 29.9 Å². The molecule has 244 valence electrons. The number of aliphatic hydroxyl groups excluding tert-OH is 1. The van der Waals surface area contributed by atoms with Gasteiger partial charge in [-0.3, -0.25) is 14.4 Å². The Morgan fingerprint density at radius 1 is 0.884 bits per heavy atom. The topological polar surface area (TPSA) is 156 Å². The standard InChI is InChI=1S/C31H54O10S.K/c1-2-3-4-5-6-7-8-9-10-11-12-13-14-15-16-17-18-19-20-21-28(33)39-24-31(23-32)25-40-29(34)22-27(42(36,37)38)30(35)41-26-31;/h3-4,27,32H,2,5-26H2,1H3,(H,36,37,38);/q;+1/p-1/b4-3-;. The fourth-order valence-corrected chi connectivity index (χ4v) is 5.39. The van der Waals surface area contributed by atoms with Gasteiger partial charge in [0.15, 0.2) is 5.25 Å². The molecule has 0 amide bonds. The maximum atomic E-state index is 12.2. The van der Waals surface area contributed by atoms with E-state index in [2.05, 4.69) is 19.1 Å². The fourth-order valence-electron chi connectivity index (χ4n) is 4.75. The van der Waals surface area contributed by atoms with E-state index < -0.39 is 71.5 Å². The van der Waals surface area contributed by atoms with Crippen LogP contribution in [0.5, 0.6) is 0 Å². The Balaban J connectivity index is 0.0000176. The van der Waals surface area contributed by atoms with Gasteiger partial charge in [0.25, 0.3) is 0 Å². The molecule has 1 heterocycles. The van der Waals surface area contributed by atoms with Gasteiger partial charge in [0.05, 0.1) is 18.4 Å². The van der Waals surface area contributed by atoms with E-state index in [1.54, 1.807) is 0 Å². The van der Waals surface area contributed by atoms with E-state index in [9.17, 15) is 32.5 Å². The van der Waals surface area contributed by atoms with Crippen LogP contribution in [0.15, 0.2) is 12.2 Å². The van der Waals surface area contributed by atoms with E-state index in [0.29, 0.717) is 6.42 Å². The van der Waals surface area contributed by atoms with Crippen molar-refractivity contribution in [2.75, 3.05) is 26.4 Å². The molecule has 10 nitrogen and oxygen atoms in total. The first kappa shape index (κ1) is 42.7. The van der Waals surface area contributed by atoms with Crippen molar-refractivity contribution < 1.29 is 98.1 Å². The molecule has 12 heteroatoms. The number of ether oxygens (including phenoxy) is 3. The molecule has 1 fully saturated rings. The van der Waals surface area contributed by atoms with Crippen molar-refractivity contribution >= 4 is 28.0 Å². The van der Waals surface area contributed by atoms with Gasteiger partial charge in [-0.1, -0.05) is 103 Å². The third-order valence-electron chi connectivity index (χ3n) is 7.55. The summed E-state index contributed by atoms with van der Waals surface area (Å²) >= 11 is 0. The molecular formula is C31H53KO10S. The van der Waals surface area contributed by atoms with Crippen LogP contribution < -0.4 is 51.4 Å². The van der Waals surface area contributed by atoms with Gasteiger partial charge in [-0.15, -0.1) is 0 Å². The predicted octanol–water partition coefficient (Wildman–Crippen LogP) is 2.51. The van der Waals surface area contributed by atoms with Gasteiger partial charge in [-0.25, -0.2) is 8.42 Å². The van der Waals surface area contributed by atoms with Crippen LogP contribution in [-0.4, -0.2) is 67.7 Å². The second kappa shape index (κ2) is 25.8. The van der Waals surface area contributed by atoms with Crippen molar-refractivity contribution in [3.63, 3.8) is 0 Å². The van der Waals surface area contributed by atoms with E-state index in [-0.39, 0.29) is 57.8 Å². The zero-order valence-corrected chi connectivity index (χ0v) is 30.5. The van der Waals surface area contributed by atoms with Crippen LogP contribution in [-0.2, 0) is 38.7 Å². The molecule has 0 aromatic rings. The number of esters is 3. The second-order valence-corrected chi connectivity index (χ2v) is 13.0. The SMILES string of the molecule is CC/C=C\CCCCCCCCCCCCCCCCCC(=O)OCC1(CO)COC(=O)CC(S(=O)(=O)[O-])C(=O)OC1.[K+]. The summed E-state index contributed by atoms with van der Waals surface area (Å²) in [6.45, 7) is 0.0742. The summed E-state index contributed by atoms with van der Waals surface area (Å²) in [5, 5.41) is 7.62. The van der Waals surface area contributed by atoms with Gasteiger partial charge in [-0.2, -0.15) is 0 Å². The number of hydrogen-bond acceptors (Lipinski definition) is 10. The van der Waals surface area contributed by atoms with Crippen LogP contribution in [0.25, 0.3) is 0 Å². The third-order valence-corrected chi connectivity index (χ3v) is 8.61. The van der Waals surface area contributed by atoms with Gasteiger partial charge >= 0.3 is 69.3 Å². The number of rotatable bonds is 23. The Kier molecular flexibility index (Phi) is 25.6. The number of aliphatic hydroxyl groups is 1. The maximum Gasteiger partial charge on any atom is 1.00 e. The quantitative estimate of drug-likeness (QED) is 0.0433. The summed E-state index contributed by atoms with van der Waals surface area (Å²) in [6, 6.07) is 0. The summed E-state index contributed by atoms with van der Waals surface area (Å²) < 4.78 is 49.0. The van der Waals surface area contributed by atoms with E-state index in [0.717, 1.165) is 25.7 Å². The van der Waals surface area contributed by atoms with E-state index in [1.165, 1.54) is 77.0 Å². The van der Waals surface area contributed by atoms with Gasteiger partial charge in [0, 0.05) is 6.42 Å². The van der Waals surface area contributed by atoms with Gasteiger partial charge < -0.3 is 23.9 Å². The molecule has 1 aliphatic rings. The molecule has 43 heavy (non-hydrogen) atoms. The predicted molar refractivity (Wildman–Crippen MR) is 158 cm³/mol. The molecule has 1 aliphatic heterocycles. The summed E-state index contributed by atoms with van der Waals surface area (Å²) in [4.78, 5) is 36.2. The first-order valence-corrected chi connectivity index (χ1v) is 17.3. The largest absolute Gasteiger partial charge is 1.00 e. The molecule has 0 saturated carbocycles. The Morgan fingerprint density at radius 3 is 1.86 bits per heavy atom. The average molecular weight is 657 g/mol. The zero-order valence-electron chi connectivity index (χ0n) is 26.5. The van der Waals surface area contributed by atoms with E-state index in [4.69, 9.17) is 14.2 Å². The minimum absolute atomic E-state index is 0. The molecule has 1 N–H and O–H groups in total. The van der Waals surface area contributed by atoms with Crippen molar-refractivity contribution in [3.8, 4) is 0 Å². The van der Waals surface area contributed by atoms with E-state index >= 15 is 0 Å². The number of cyclic esters (lactones) is 2. The molecule has 1 rings (SSSR count). The van der Waals surface area contributed by atoms with Gasteiger partial charge in [-0.05, 0) is 25.7 Å². The van der Waals surface area contributed by atoms with Crippen LogP contribution in [0.2, 0.25) is 0 Å². The molecule has 2 unspecified atom stereocenters. The van der Waals surface area contributed by atoms with Crippen LogP contribution >= 0.6 is 0 Å². The molecule has 0 aromatic heterocycles. The van der Waals surface area contributed by atoms with Crippen LogP contribution in [0.3, 0.4) is 0 Å². The third kappa shape index (κ3) is 21.1. The second-order valence-electron chi connectivity index (χ2n) is 11.5. The van der Waals surface area contributed by atoms with Crippen molar-refractivity contribution in [3.05, 3.63) is 12.2 Å². The van der Waals surface area contributed by atoms with Gasteiger partial charge in [0.2, 0.25) is 0 Å². The summed E-state index contributed by atoms with van der Waals surface area (Å²) in [5.41, 5.74) is -1.45. The number of allylic oxidation sites excluding steroid dienone is 2. The Labute approximate surface area is 301 Å². The first-order chi connectivity index (χ1) is 20.1.